The van der Waals surface area contributed by atoms with Gasteiger partial charge in [-0.1, -0.05) is 13.8 Å². The van der Waals surface area contributed by atoms with E-state index in [-0.39, 0.29) is 5.41 Å². The highest BCUT2D eigenvalue weighted by Gasteiger charge is 2.17. The van der Waals surface area contributed by atoms with Crippen LogP contribution in [-0.4, -0.2) is 35.0 Å². The summed E-state index contributed by atoms with van der Waals surface area (Å²) < 4.78 is 7.08. The van der Waals surface area contributed by atoms with Gasteiger partial charge in [0.15, 0.2) is 0 Å². The summed E-state index contributed by atoms with van der Waals surface area (Å²) in [7, 11) is 1.74. The Bertz CT molecular complexity index is 347. The minimum absolute atomic E-state index is 0.235. The van der Waals surface area contributed by atoms with Crippen LogP contribution in [0.2, 0.25) is 0 Å². The largest absolute Gasteiger partial charge is 0.385 e. The van der Waals surface area contributed by atoms with Gasteiger partial charge in [-0.2, -0.15) is 5.10 Å². The van der Waals surface area contributed by atoms with Gasteiger partial charge < -0.3 is 10.1 Å². The lowest BCUT2D eigenvalue weighted by Gasteiger charge is -2.24. The van der Waals surface area contributed by atoms with Crippen LogP contribution >= 0.6 is 0 Å². The van der Waals surface area contributed by atoms with Crippen molar-refractivity contribution < 1.29 is 4.74 Å². The fourth-order valence-corrected chi connectivity index (χ4v) is 1.81. The Kier molecular flexibility index (Phi) is 5.75. The molecule has 0 saturated carbocycles. The summed E-state index contributed by atoms with van der Waals surface area (Å²) in [6.45, 7) is 11.2. The summed E-state index contributed by atoms with van der Waals surface area (Å²) >= 11 is 0. The van der Waals surface area contributed by atoms with Gasteiger partial charge in [0.25, 0.3) is 0 Å². The van der Waals surface area contributed by atoms with Crippen molar-refractivity contribution in [2.75, 3.05) is 20.3 Å². The Balaban J connectivity index is 2.39. The molecule has 0 spiro atoms. The van der Waals surface area contributed by atoms with Crippen LogP contribution in [0.15, 0.2) is 6.33 Å². The maximum absolute atomic E-state index is 5.13. The molecule has 0 fully saturated rings. The van der Waals surface area contributed by atoms with Crippen LogP contribution in [0.4, 0.5) is 0 Å². The van der Waals surface area contributed by atoms with Gasteiger partial charge in [-0.3, -0.25) is 0 Å². The van der Waals surface area contributed by atoms with Gasteiger partial charge in [0.1, 0.15) is 12.2 Å². The van der Waals surface area contributed by atoms with Crippen LogP contribution in [0.5, 0.6) is 0 Å². The normalized spacial score (nSPS) is 12.3. The average molecular weight is 254 g/mol. The minimum Gasteiger partial charge on any atom is -0.385 e. The molecule has 0 aliphatic heterocycles. The van der Waals surface area contributed by atoms with Crippen LogP contribution in [-0.2, 0) is 11.3 Å². The molecule has 1 heterocycles. The van der Waals surface area contributed by atoms with Crippen LogP contribution in [0, 0.1) is 5.41 Å². The van der Waals surface area contributed by atoms with Crippen LogP contribution in [0.3, 0.4) is 0 Å². The van der Waals surface area contributed by atoms with Crippen molar-refractivity contribution in [1.82, 2.24) is 20.1 Å². The molecule has 0 bridgehead atoms. The highest BCUT2D eigenvalue weighted by molar-refractivity contribution is 4.86. The minimum atomic E-state index is 0.235. The molecule has 0 aromatic carbocycles. The third-order valence-electron chi connectivity index (χ3n) is 3.01. The van der Waals surface area contributed by atoms with Gasteiger partial charge in [-0.15, -0.1) is 0 Å². The smallest absolute Gasteiger partial charge is 0.141 e. The van der Waals surface area contributed by atoms with Crippen molar-refractivity contribution in [1.29, 1.82) is 0 Å². The number of rotatable bonds is 8. The van der Waals surface area contributed by atoms with E-state index in [1.54, 1.807) is 13.4 Å². The van der Waals surface area contributed by atoms with Crippen molar-refractivity contribution in [3.8, 4) is 0 Å². The van der Waals surface area contributed by atoms with E-state index in [0.29, 0.717) is 6.04 Å². The second-order valence-corrected chi connectivity index (χ2v) is 5.73. The van der Waals surface area contributed by atoms with E-state index in [4.69, 9.17) is 4.74 Å². The highest BCUT2D eigenvalue weighted by atomic mass is 16.5. The molecule has 1 rings (SSSR count). The summed E-state index contributed by atoms with van der Waals surface area (Å²) in [5, 5.41) is 7.68. The number of hydrogen-bond acceptors (Lipinski definition) is 4. The molecule has 0 radical (unpaired) electrons. The predicted octanol–water partition coefficient (Wildman–Crippen LogP) is 2.01. The molecule has 1 N–H and O–H groups in total. The molecule has 0 unspecified atom stereocenters. The molecule has 0 amide bonds. The van der Waals surface area contributed by atoms with E-state index < -0.39 is 0 Å². The first-order valence-electron chi connectivity index (χ1n) is 6.54. The molecule has 0 saturated heterocycles. The second-order valence-electron chi connectivity index (χ2n) is 5.73. The lowest BCUT2D eigenvalue weighted by Crippen LogP contribution is -2.31. The molecule has 5 heteroatoms. The first kappa shape index (κ1) is 15.1. The Morgan fingerprint density at radius 2 is 2.17 bits per heavy atom. The summed E-state index contributed by atoms with van der Waals surface area (Å²) in [5.41, 5.74) is 0.235. The number of aromatic nitrogens is 3. The summed E-state index contributed by atoms with van der Waals surface area (Å²) in [5.74, 6) is 0.993. The maximum atomic E-state index is 5.13. The maximum Gasteiger partial charge on any atom is 0.141 e. The summed E-state index contributed by atoms with van der Waals surface area (Å²) in [6.07, 6.45) is 2.67. The molecule has 18 heavy (non-hydrogen) atoms. The monoisotopic (exact) mass is 254 g/mol. The number of nitrogens with zero attached hydrogens (tertiary/aromatic N) is 3. The molecule has 104 valence electrons. The highest BCUT2D eigenvalue weighted by Crippen LogP contribution is 2.18. The molecule has 1 aromatic rings. The van der Waals surface area contributed by atoms with E-state index in [0.717, 1.165) is 31.9 Å². The standard InChI is InChI=1S/C13H26N4O/c1-11(2)17-12(15-10-16-17)8-14-9-13(3,4)6-7-18-5/h10-11,14H,6-9H2,1-5H3. The number of nitrogens with one attached hydrogen (secondary N) is 1. The van der Waals surface area contributed by atoms with E-state index in [1.165, 1.54) is 0 Å². The summed E-state index contributed by atoms with van der Waals surface area (Å²) in [4.78, 5) is 4.28. The van der Waals surface area contributed by atoms with Gasteiger partial charge >= 0.3 is 0 Å². The summed E-state index contributed by atoms with van der Waals surface area (Å²) in [6, 6.07) is 0.353. The van der Waals surface area contributed by atoms with Gasteiger partial charge in [0.05, 0.1) is 6.54 Å². The lowest BCUT2D eigenvalue weighted by molar-refractivity contribution is 0.150. The predicted molar refractivity (Wildman–Crippen MR) is 72.4 cm³/mol. The van der Waals surface area contributed by atoms with Crippen molar-refractivity contribution >= 4 is 0 Å². The van der Waals surface area contributed by atoms with E-state index in [1.807, 2.05) is 4.68 Å². The molecule has 1 aromatic heterocycles. The Morgan fingerprint density at radius 3 is 2.78 bits per heavy atom. The zero-order valence-corrected chi connectivity index (χ0v) is 12.2. The van der Waals surface area contributed by atoms with Gasteiger partial charge in [0.2, 0.25) is 0 Å². The molecule has 0 atom stereocenters. The topological polar surface area (TPSA) is 52.0 Å². The second kappa shape index (κ2) is 6.85. The quantitative estimate of drug-likeness (QED) is 0.771. The van der Waals surface area contributed by atoms with Gasteiger partial charge in [-0.05, 0) is 25.7 Å². The first-order valence-corrected chi connectivity index (χ1v) is 6.54. The van der Waals surface area contributed by atoms with Gasteiger partial charge in [0, 0.05) is 26.3 Å². The van der Waals surface area contributed by atoms with Crippen molar-refractivity contribution in [3.05, 3.63) is 12.2 Å². The molecule has 0 aliphatic rings. The van der Waals surface area contributed by atoms with Crippen molar-refractivity contribution in [2.24, 2.45) is 5.41 Å². The molecule has 0 aliphatic carbocycles. The fraction of sp³-hybridized carbons (Fsp3) is 0.846. The van der Waals surface area contributed by atoms with Crippen molar-refractivity contribution in [3.63, 3.8) is 0 Å². The lowest BCUT2D eigenvalue weighted by atomic mass is 9.90. The SMILES string of the molecule is COCCC(C)(C)CNCc1ncnn1C(C)C. The molecular weight excluding hydrogens is 228 g/mol. The molecular formula is C13H26N4O. The Labute approximate surface area is 110 Å². The van der Waals surface area contributed by atoms with Crippen LogP contribution < -0.4 is 5.32 Å². The van der Waals surface area contributed by atoms with Crippen LogP contribution in [0.25, 0.3) is 0 Å². The third kappa shape index (κ3) is 4.74. The number of ether oxygens (including phenoxy) is 1. The molecule has 5 nitrogen and oxygen atoms in total. The fourth-order valence-electron chi connectivity index (χ4n) is 1.81. The first-order chi connectivity index (χ1) is 8.46. The van der Waals surface area contributed by atoms with E-state index in [2.05, 4.69) is 43.1 Å². The van der Waals surface area contributed by atoms with E-state index in [9.17, 15) is 0 Å². The van der Waals surface area contributed by atoms with Crippen molar-refractivity contribution in [2.45, 2.75) is 46.7 Å². The van der Waals surface area contributed by atoms with Crippen LogP contribution in [0.1, 0.15) is 46.0 Å². The van der Waals surface area contributed by atoms with Gasteiger partial charge in [-0.25, -0.2) is 9.67 Å². The Morgan fingerprint density at radius 1 is 1.44 bits per heavy atom. The zero-order valence-electron chi connectivity index (χ0n) is 12.2. The average Bonchev–Trinajstić information content (AvgIpc) is 2.74. The van der Waals surface area contributed by atoms with E-state index >= 15 is 0 Å². The zero-order chi connectivity index (χ0) is 13.6. The Hall–Kier alpha value is -0.940. The number of methoxy groups -OCH3 is 1. The third-order valence-corrected chi connectivity index (χ3v) is 3.01. The number of hydrogen-bond donors (Lipinski definition) is 1.